The van der Waals surface area contributed by atoms with Crippen molar-refractivity contribution >= 4 is 27.6 Å². The highest BCUT2D eigenvalue weighted by Crippen LogP contribution is 2.40. The molecule has 1 aliphatic heterocycles. The second-order valence-corrected chi connectivity index (χ2v) is 5.66. The fraction of sp³-hybridized carbons (Fsp3) is 0.462. The van der Waals surface area contributed by atoms with Gasteiger partial charge >= 0.3 is 12.1 Å². The molecule has 1 saturated heterocycles. The summed E-state index contributed by atoms with van der Waals surface area (Å²) in [6, 6.07) is 3.38. The molecule has 2 rings (SSSR count). The van der Waals surface area contributed by atoms with E-state index in [1.165, 1.54) is 12.1 Å². The number of hydrogen-bond acceptors (Lipinski definition) is 2. The van der Waals surface area contributed by atoms with Crippen molar-refractivity contribution in [2.45, 2.75) is 31.5 Å². The lowest BCUT2D eigenvalue weighted by Crippen LogP contribution is -2.32. The zero-order valence-corrected chi connectivity index (χ0v) is 12.0. The minimum absolute atomic E-state index is 0.0515. The van der Waals surface area contributed by atoms with Crippen LogP contribution in [0, 0.1) is 0 Å². The van der Waals surface area contributed by atoms with E-state index in [-0.39, 0.29) is 18.2 Å². The zero-order chi connectivity index (χ0) is 14.9. The fourth-order valence-corrected chi connectivity index (χ4v) is 2.90. The van der Waals surface area contributed by atoms with Gasteiger partial charge in [0.1, 0.15) is 0 Å². The summed E-state index contributed by atoms with van der Waals surface area (Å²) >= 11 is 3.17. The van der Waals surface area contributed by atoms with Gasteiger partial charge in [-0.3, -0.25) is 4.79 Å². The van der Waals surface area contributed by atoms with E-state index in [0.29, 0.717) is 23.9 Å². The van der Waals surface area contributed by atoms with Crippen molar-refractivity contribution < 1.29 is 23.1 Å². The van der Waals surface area contributed by atoms with Gasteiger partial charge < -0.3 is 10.0 Å². The number of rotatable bonds is 3. The van der Waals surface area contributed by atoms with Gasteiger partial charge in [-0.25, -0.2) is 0 Å². The lowest BCUT2D eigenvalue weighted by Gasteiger charge is -2.28. The quantitative estimate of drug-likeness (QED) is 0.897. The fourth-order valence-electron chi connectivity index (χ4n) is 2.55. The molecule has 0 spiro atoms. The van der Waals surface area contributed by atoms with E-state index in [1.807, 2.05) is 0 Å². The van der Waals surface area contributed by atoms with E-state index in [2.05, 4.69) is 15.9 Å². The summed E-state index contributed by atoms with van der Waals surface area (Å²) in [5.74, 6) is -0.995. The molecule has 1 unspecified atom stereocenters. The summed E-state index contributed by atoms with van der Waals surface area (Å²) < 4.78 is 39.7. The van der Waals surface area contributed by atoms with E-state index in [4.69, 9.17) is 5.11 Å². The third kappa shape index (κ3) is 3.26. The highest BCUT2D eigenvalue weighted by Gasteiger charge is 2.37. The second-order valence-electron chi connectivity index (χ2n) is 4.75. The Morgan fingerprint density at radius 3 is 2.75 bits per heavy atom. The first kappa shape index (κ1) is 15.2. The van der Waals surface area contributed by atoms with Gasteiger partial charge in [0.15, 0.2) is 0 Å². The predicted molar refractivity (Wildman–Crippen MR) is 71.8 cm³/mol. The Morgan fingerprint density at radius 1 is 1.45 bits per heavy atom. The first-order valence-electron chi connectivity index (χ1n) is 6.14. The number of anilines is 1. The maximum absolute atomic E-state index is 13.1. The largest absolute Gasteiger partial charge is 0.481 e. The Morgan fingerprint density at radius 2 is 2.15 bits per heavy atom. The molecule has 1 fully saturated rings. The van der Waals surface area contributed by atoms with E-state index < -0.39 is 17.7 Å². The average Bonchev–Trinajstić information content (AvgIpc) is 2.74. The molecule has 0 bridgehead atoms. The Bertz CT molecular complexity index is 519. The van der Waals surface area contributed by atoms with Gasteiger partial charge in [0.2, 0.25) is 0 Å². The number of halogens is 4. The van der Waals surface area contributed by atoms with Crippen LogP contribution in [0.25, 0.3) is 0 Å². The van der Waals surface area contributed by atoms with Crippen LogP contribution in [0.2, 0.25) is 0 Å². The van der Waals surface area contributed by atoms with E-state index in [1.54, 1.807) is 4.90 Å². The Hall–Kier alpha value is -1.24. The Labute approximate surface area is 122 Å². The molecule has 1 aliphatic rings. The molecule has 3 nitrogen and oxygen atoms in total. The van der Waals surface area contributed by atoms with Crippen molar-refractivity contribution in [3.63, 3.8) is 0 Å². The molecule has 0 aromatic heterocycles. The van der Waals surface area contributed by atoms with Gasteiger partial charge in [0.25, 0.3) is 0 Å². The van der Waals surface area contributed by atoms with Gasteiger partial charge in [0.05, 0.1) is 17.7 Å². The second kappa shape index (κ2) is 5.63. The molecule has 1 N–H and O–H groups in total. The lowest BCUT2D eigenvalue weighted by atomic mass is 10.1. The summed E-state index contributed by atoms with van der Waals surface area (Å²) in [7, 11) is 0. The molecule has 0 aliphatic carbocycles. The van der Waals surface area contributed by atoms with Crippen LogP contribution in [0.15, 0.2) is 22.7 Å². The summed E-state index contributed by atoms with van der Waals surface area (Å²) in [5, 5.41) is 8.86. The zero-order valence-electron chi connectivity index (χ0n) is 10.5. The van der Waals surface area contributed by atoms with Crippen molar-refractivity contribution in [3.8, 4) is 0 Å². The maximum atomic E-state index is 13.1. The summed E-state index contributed by atoms with van der Waals surface area (Å²) in [4.78, 5) is 12.4. The number of benzene rings is 1. The van der Waals surface area contributed by atoms with E-state index in [0.717, 1.165) is 6.07 Å². The number of carboxylic acids is 1. The Balaban J connectivity index is 2.40. The van der Waals surface area contributed by atoms with Crippen molar-refractivity contribution in [3.05, 3.63) is 28.2 Å². The van der Waals surface area contributed by atoms with Crippen molar-refractivity contribution in [2.24, 2.45) is 0 Å². The molecule has 7 heteroatoms. The van der Waals surface area contributed by atoms with Crippen LogP contribution in [0.4, 0.5) is 18.9 Å². The van der Waals surface area contributed by atoms with Crippen molar-refractivity contribution in [1.82, 2.24) is 0 Å². The van der Waals surface area contributed by atoms with Gasteiger partial charge in [-0.15, -0.1) is 0 Å². The molecular formula is C13H13BrF3NO2. The minimum atomic E-state index is -4.45. The molecule has 0 amide bonds. The smallest absolute Gasteiger partial charge is 0.418 e. The number of carbonyl (C=O) groups is 1. The standard InChI is InChI=1S/C13H13BrF3NO2/c14-8-3-4-10(13(15,16)17)11(6-8)18-5-1-2-9(18)7-12(19)20/h3-4,6,9H,1-2,5,7H2,(H,19,20). The van der Waals surface area contributed by atoms with Gasteiger partial charge in [0, 0.05) is 17.1 Å². The first-order chi connectivity index (χ1) is 9.29. The van der Waals surface area contributed by atoms with Crippen molar-refractivity contribution in [1.29, 1.82) is 0 Å². The summed E-state index contributed by atoms with van der Waals surface area (Å²) in [6.45, 7) is 0.442. The van der Waals surface area contributed by atoms with Crippen LogP contribution < -0.4 is 4.90 Å². The third-order valence-electron chi connectivity index (χ3n) is 3.36. The van der Waals surface area contributed by atoms with Crippen molar-refractivity contribution in [2.75, 3.05) is 11.4 Å². The van der Waals surface area contributed by atoms with E-state index >= 15 is 0 Å². The molecular weight excluding hydrogens is 339 g/mol. The molecule has 110 valence electrons. The van der Waals surface area contributed by atoms with Gasteiger partial charge in [-0.1, -0.05) is 15.9 Å². The molecule has 1 heterocycles. The molecule has 20 heavy (non-hydrogen) atoms. The number of carboxylic acid groups (broad SMARTS) is 1. The lowest BCUT2D eigenvalue weighted by molar-refractivity contribution is -0.137. The summed E-state index contributed by atoms with van der Waals surface area (Å²) in [6.07, 6.45) is -3.31. The number of nitrogens with zero attached hydrogens (tertiary/aromatic N) is 1. The topological polar surface area (TPSA) is 40.5 Å². The predicted octanol–water partition coefficient (Wildman–Crippen LogP) is 3.91. The van der Waals surface area contributed by atoms with Crippen LogP contribution in [0.3, 0.4) is 0 Å². The average molecular weight is 352 g/mol. The molecule has 1 aromatic carbocycles. The van der Waals surface area contributed by atoms with Crippen LogP contribution in [0.5, 0.6) is 0 Å². The number of alkyl halides is 3. The highest BCUT2D eigenvalue weighted by atomic mass is 79.9. The van der Waals surface area contributed by atoms with Gasteiger partial charge in [-0.05, 0) is 31.0 Å². The first-order valence-corrected chi connectivity index (χ1v) is 6.93. The minimum Gasteiger partial charge on any atom is -0.481 e. The van der Waals surface area contributed by atoms with Crippen LogP contribution in [0.1, 0.15) is 24.8 Å². The number of hydrogen-bond donors (Lipinski definition) is 1. The third-order valence-corrected chi connectivity index (χ3v) is 3.86. The molecule has 0 saturated carbocycles. The normalized spacial score (nSPS) is 19.4. The van der Waals surface area contributed by atoms with Gasteiger partial charge in [-0.2, -0.15) is 13.2 Å². The molecule has 1 atom stereocenters. The summed E-state index contributed by atoms with van der Waals surface area (Å²) in [5.41, 5.74) is -0.673. The monoisotopic (exact) mass is 351 g/mol. The van der Waals surface area contributed by atoms with Crippen LogP contribution >= 0.6 is 15.9 Å². The van der Waals surface area contributed by atoms with E-state index in [9.17, 15) is 18.0 Å². The molecule has 1 aromatic rings. The maximum Gasteiger partial charge on any atom is 0.418 e. The van der Waals surface area contributed by atoms with Crippen LogP contribution in [-0.4, -0.2) is 23.7 Å². The highest BCUT2D eigenvalue weighted by molar-refractivity contribution is 9.10. The Kier molecular flexibility index (Phi) is 4.27. The SMILES string of the molecule is O=C(O)CC1CCCN1c1cc(Br)ccc1C(F)(F)F. The van der Waals surface area contributed by atoms with Crippen LogP contribution in [-0.2, 0) is 11.0 Å². The number of aliphatic carboxylic acids is 1. The molecule has 0 radical (unpaired) electrons.